The van der Waals surface area contributed by atoms with E-state index < -0.39 is 0 Å². The lowest BCUT2D eigenvalue weighted by Gasteiger charge is -2.40. The van der Waals surface area contributed by atoms with Crippen LogP contribution in [0.4, 0.5) is 0 Å². The number of aromatic nitrogens is 2. The molecule has 29 heavy (non-hydrogen) atoms. The molecule has 2 saturated heterocycles. The lowest BCUT2D eigenvalue weighted by molar-refractivity contribution is -0.141. The van der Waals surface area contributed by atoms with Crippen LogP contribution in [-0.4, -0.2) is 58.0 Å². The maximum Gasteiger partial charge on any atom is 0.227 e. The number of halogens is 2. The molecule has 0 aliphatic carbocycles. The number of carbonyl (C=O) groups is 1. The van der Waals surface area contributed by atoms with E-state index in [1.807, 2.05) is 30.1 Å². The molecule has 1 aromatic carbocycles. The van der Waals surface area contributed by atoms with Crippen molar-refractivity contribution in [3.8, 4) is 0 Å². The van der Waals surface area contributed by atoms with Crippen molar-refractivity contribution in [2.45, 2.75) is 25.4 Å². The van der Waals surface area contributed by atoms with Gasteiger partial charge in [-0.25, -0.2) is 4.98 Å². The number of piperazine rings is 1. The Hall–Kier alpha value is -1.60. The summed E-state index contributed by atoms with van der Waals surface area (Å²) in [6.45, 7) is 5.23. The minimum absolute atomic E-state index is 0. The molecule has 6 nitrogen and oxygen atoms in total. The molecule has 0 spiro atoms. The maximum absolute atomic E-state index is 13.4. The van der Waals surface area contributed by atoms with Crippen molar-refractivity contribution < 1.29 is 4.79 Å². The van der Waals surface area contributed by atoms with Crippen molar-refractivity contribution >= 4 is 30.7 Å². The molecule has 160 valence electrons. The van der Waals surface area contributed by atoms with Crippen LogP contribution in [0.1, 0.15) is 30.3 Å². The van der Waals surface area contributed by atoms with Crippen molar-refractivity contribution in [2.75, 3.05) is 32.7 Å². The fourth-order valence-electron chi connectivity index (χ4n) is 4.37. The highest BCUT2D eigenvalue weighted by Gasteiger charge is 2.35. The molecule has 0 bridgehead atoms. The van der Waals surface area contributed by atoms with Crippen LogP contribution in [0, 0.1) is 5.92 Å². The molecule has 2 atom stereocenters. The number of likely N-dealkylation sites (tertiary alicyclic amines) is 1. The van der Waals surface area contributed by atoms with E-state index in [0.29, 0.717) is 5.91 Å². The van der Waals surface area contributed by atoms with Crippen LogP contribution in [0.5, 0.6) is 0 Å². The molecule has 2 aliphatic rings. The number of rotatable bonds is 4. The molecule has 0 saturated carbocycles. The Morgan fingerprint density at radius 1 is 1.21 bits per heavy atom. The van der Waals surface area contributed by atoms with Gasteiger partial charge < -0.3 is 14.8 Å². The van der Waals surface area contributed by atoms with Gasteiger partial charge in [-0.2, -0.15) is 0 Å². The van der Waals surface area contributed by atoms with Gasteiger partial charge in [-0.1, -0.05) is 30.3 Å². The van der Waals surface area contributed by atoms with Gasteiger partial charge in [0, 0.05) is 52.2 Å². The summed E-state index contributed by atoms with van der Waals surface area (Å²) in [5, 5.41) is 3.42. The predicted octanol–water partition coefficient (Wildman–Crippen LogP) is 2.65. The third kappa shape index (κ3) is 5.51. The number of amides is 1. The normalized spacial score (nSPS) is 22.4. The molecule has 8 heteroatoms. The van der Waals surface area contributed by atoms with E-state index in [1.54, 1.807) is 0 Å². The molecule has 2 aliphatic heterocycles. The standard InChI is InChI=1S/C21H29N5O.2ClH/c1-24-12-10-23-20(24)19-14-22-9-13-26(19)21(27)18-8-5-11-25(16-18)15-17-6-3-2-4-7-17;;/h2-4,6-7,10,12,18-19,22H,5,8-9,11,13-16H2,1H3;2*1H. The number of imidazole rings is 1. The lowest BCUT2D eigenvalue weighted by atomic mass is 9.95. The summed E-state index contributed by atoms with van der Waals surface area (Å²) in [5.74, 6) is 1.35. The third-order valence-corrected chi connectivity index (χ3v) is 5.79. The van der Waals surface area contributed by atoms with E-state index in [-0.39, 0.29) is 36.8 Å². The lowest BCUT2D eigenvalue weighted by Crippen LogP contribution is -2.53. The van der Waals surface area contributed by atoms with Crippen LogP contribution in [0.2, 0.25) is 0 Å². The highest BCUT2D eigenvalue weighted by Crippen LogP contribution is 2.26. The molecule has 0 radical (unpaired) electrons. The first-order chi connectivity index (χ1) is 13.2. The first kappa shape index (κ1) is 23.7. The first-order valence-electron chi connectivity index (χ1n) is 9.97. The second-order valence-corrected chi connectivity index (χ2v) is 7.71. The van der Waals surface area contributed by atoms with E-state index in [4.69, 9.17) is 0 Å². The zero-order valence-corrected chi connectivity index (χ0v) is 18.5. The van der Waals surface area contributed by atoms with E-state index in [0.717, 1.165) is 57.9 Å². The minimum atomic E-state index is 0. The topological polar surface area (TPSA) is 53.4 Å². The molecule has 1 N–H and O–H groups in total. The van der Waals surface area contributed by atoms with Crippen molar-refractivity contribution in [2.24, 2.45) is 13.0 Å². The molecule has 3 heterocycles. The molecular formula is C21H31Cl2N5O. The molecule has 2 aromatic rings. The monoisotopic (exact) mass is 439 g/mol. The average Bonchev–Trinajstić information content (AvgIpc) is 3.14. The second kappa shape index (κ2) is 11.0. The van der Waals surface area contributed by atoms with Gasteiger partial charge in [0.15, 0.2) is 0 Å². The Balaban J connectivity index is 0.00000150. The summed E-state index contributed by atoms with van der Waals surface area (Å²) in [6.07, 6.45) is 5.84. The van der Waals surface area contributed by atoms with Gasteiger partial charge in [0.05, 0.1) is 5.92 Å². The summed E-state index contributed by atoms with van der Waals surface area (Å²) < 4.78 is 2.03. The average molecular weight is 440 g/mol. The predicted molar refractivity (Wildman–Crippen MR) is 119 cm³/mol. The van der Waals surface area contributed by atoms with E-state index >= 15 is 0 Å². The van der Waals surface area contributed by atoms with Crippen molar-refractivity contribution in [3.05, 3.63) is 54.1 Å². The SMILES string of the molecule is Cl.Cl.Cn1ccnc1C1CNCCN1C(=O)C1CCCN(Cc2ccccc2)C1. The minimum Gasteiger partial charge on any atom is -0.336 e. The van der Waals surface area contributed by atoms with Gasteiger partial charge >= 0.3 is 0 Å². The Labute approximate surface area is 185 Å². The number of hydrogen-bond acceptors (Lipinski definition) is 4. The van der Waals surface area contributed by atoms with Crippen molar-refractivity contribution in [1.82, 2.24) is 24.7 Å². The third-order valence-electron chi connectivity index (χ3n) is 5.79. The first-order valence-corrected chi connectivity index (χ1v) is 9.97. The van der Waals surface area contributed by atoms with Crippen molar-refractivity contribution in [3.63, 3.8) is 0 Å². The van der Waals surface area contributed by atoms with Crippen molar-refractivity contribution in [1.29, 1.82) is 0 Å². The van der Waals surface area contributed by atoms with Gasteiger partial charge in [0.2, 0.25) is 5.91 Å². The summed E-state index contributed by atoms with van der Waals surface area (Å²) in [7, 11) is 2.00. The highest BCUT2D eigenvalue weighted by atomic mass is 35.5. The number of carbonyl (C=O) groups excluding carboxylic acids is 1. The van der Waals surface area contributed by atoms with E-state index in [9.17, 15) is 4.79 Å². The zero-order chi connectivity index (χ0) is 18.6. The highest BCUT2D eigenvalue weighted by molar-refractivity contribution is 5.85. The van der Waals surface area contributed by atoms with Crippen LogP contribution in [0.25, 0.3) is 0 Å². The van der Waals surface area contributed by atoms with Gasteiger partial charge in [-0.15, -0.1) is 24.8 Å². The van der Waals surface area contributed by atoms with E-state index in [1.165, 1.54) is 5.56 Å². The summed E-state index contributed by atoms with van der Waals surface area (Å²) in [6, 6.07) is 10.6. The number of nitrogens with zero attached hydrogens (tertiary/aromatic N) is 4. The smallest absolute Gasteiger partial charge is 0.227 e. The summed E-state index contributed by atoms with van der Waals surface area (Å²) in [4.78, 5) is 22.4. The molecule has 4 rings (SSSR count). The van der Waals surface area contributed by atoms with Crippen LogP contribution in [0.3, 0.4) is 0 Å². The van der Waals surface area contributed by atoms with Crippen LogP contribution in [-0.2, 0) is 18.4 Å². The van der Waals surface area contributed by atoms with Gasteiger partial charge in [-0.05, 0) is 24.9 Å². The number of benzene rings is 1. The number of piperidine rings is 1. The molecular weight excluding hydrogens is 409 g/mol. The fourth-order valence-corrected chi connectivity index (χ4v) is 4.37. The largest absolute Gasteiger partial charge is 0.336 e. The van der Waals surface area contributed by atoms with Crippen LogP contribution in [0.15, 0.2) is 42.7 Å². The Kier molecular flexibility index (Phi) is 8.96. The van der Waals surface area contributed by atoms with Crippen LogP contribution < -0.4 is 5.32 Å². The van der Waals surface area contributed by atoms with Crippen LogP contribution >= 0.6 is 24.8 Å². The van der Waals surface area contributed by atoms with Gasteiger partial charge in [0.1, 0.15) is 11.9 Å². The number of hydrogen-bond donors (Lipinski definition) is 1. The number of nitrogens with one attached hydrogen (secondary N) is 1. The zero-order valence-electron chi connectivity index (χ0n) is 16.9. The molecule has 2 fully saturated rings. The van der Waals surface area contributed by atoms with Gasteiger partial charge in [0.25, 0.3) is 0 Å². The second-order valence-electron chi connectivity index (χ2n) is 7.71. The maximum atomic E-state index is 13.4. The Morgan fingerprint density at radius 2 is 2.00 bits per heavy atom. The molecule has 1 aromatic heterocycles. The molecule has 1 amide bonds. The Bertz CT molecular complexity index is 769. The fraction of sp³-hybridized carbons (Fsp3) is 0.524. The Morgan fingerprint density at radius 3 is 2.72 bits per heavy atom. The molecule has 2 unspecified atom stereocenters. The summed E-state index contributed by atoms with van der Waals surface area (Å²) in [5.41, 5.74) is 1.32. The number of aryl methyl sites for hydroxylation is 1. The summed E-state index contributed by atoms with van der Waals surface area (Å²) >= 11 is 0. The van der Waals surface area contributed by atoms with Gasteiger partial charge in [-0.3, -0.25) is 9.69 Å². The van der Waals surface area contributed by atoms with E-state index in [2.05, 4.69) is 44.4 Å². The quantitative estimate of drug-likeness (QED) is 0.795.